The van der Waals surface area contributed by atoms with Gasteiger partial charge in [0.05, 0.1) is 0 Å². The number of benzene rings is 3. The number of allylic oxidation sites excluding steroid dienone is 4. The van der Waals surface area contributed by atoms with Crippen LogP contribution in [0.1, 0.15) is 87.8 Å². The van der Waals surface area contributed by atoms with Crippen LogP contribution >= 0.6 is 0 Å². The zero-order valence-corrected chi connectivity index (χ0v) is 24.0. The Morgan fingerprint density at radius 3 is 1.05 bits per heavy atom. The van der Waals surface area contributed by atoms with Crippen LogP contribution in [0, 0.1) is 0 Å². The number of hydrogen-bond acceptors (Lipinski definition) is 2. The number of carbonyl (C=O) groups is 2. The maximum Gasteiger partial charge on any atom is 0.163 e. The standard InChI is InChI=1S/C36H42O2/c1-7-9-29-15-19-33(20-16-29)25(3)27(5)35(37)23-31-11-13-32(14-12-31)24-36(38)28(6)26(4)34-21-17-30(10-8-2)18-22-34/h11-22H,7-10,23-24H2,1-6H3. The summed E-state index contributed by atoms with van der Waals surface area (Å²) < 4.78 is 0. The molecule has 0 aromatic heterocycles. The fraction of sp³-hybridized carbons (Fsp3) is 0.333. The molecule has 0 spiro atoms. The van der Waals surface area contributed by atoms with Crippen LogP contribution in [-0.4, -0.2) is 11.6 Å². The molecule has 0 amide bonds. The van der Waals surface area contributed by atoms with E-state index in [1.54, 1.807) is 0 Å². The molecule has 0 fully saturated rings. The van der Waals surface area contributed by atoms with Gasteiger partial charge in [-0.05, 0) is 96.2 Å². The third-order valence-electron chi connectivity index (χ3n) is 7.57. The van der Waals surface area contributed by atoms with Crippen molar-refractivity contribution >= 4 is 22.7 Å². The number of carbonyl (C=O) groups excluding carboxylic acids is 2. The predicted octanol–water partition coefficient (Wildman–Crippen LogP) is 8.80. The van der Waals surface area contributed by atoms with Crippen molar-refractivity contribution in [2.45, 2.75) is 80.1 Å². The molecule has 0 bridgehead atoms. The summed E-state index contributed by atoms with van der Waals surface area (Å²) in [5.74, 6) is 0.256. The second kappa shape index (κ2) is 13.9. The van der Waals surface area contributed by atoms with Crippen molar-refractivity contribution in [3.8, 4) is 0 Å². The van der Waals surface area contributed by atoms with Crippen LogP contribution < -0.4 is 0 Å². The first-order chi connectivity index (χ1) is 18.2. The normalized spacial score (nSPS) is 12.6. The van der Waals surface area contributed by atoms with Crippen LogP contribution in [0.2, 0.25) is 0 Å². The van der Waals surface area contributed by atoms with Crippen LogP contribution in [0.25, 0.3) is 11.1 Å². The van der Waals surface area contributed by atoms with E-state index in [0.29, 0.717) is 12.8 Å². The van der Waals surface area contributed by atoms with E-state index in [0.717, 1.165) is 70.2 Å². The minimum atomic E-state index is 0.128. The van der Waals surface area contributed by atoms with Crippen LogP contribution in [0.4, 0.5) is 0 Å². The molecule has 0 radical (unpaired) electrons. The fourth-order valence-electron chi connectivity index (χ4n) is 4.68. The van der Waals surface area contributed by atoms with Crippen LogP contribution in [-0.2, 0) is 35.3 Å². The second-order valence-corrected chi connectivity index (χ2v) is 10.4. The lowest BCUT2D eigenvalue weighted by Crippen LogP contribution is -2.08. The molecular weight excluding hydrogens is 464 g/mol. The largest absolute Gasteiger partial charge is 0.294 e. The van der Waals surface area contributed by atoms with Gasteiger partial charge in [-0.2, -0.15) is 0 Å². The lowest BCUT2D eigenvalue weighted by molar-refractivity contribution is -0.115. The maximum atomic E-state index is 13.0. The van der Waals surface area contributed by atoms with E-state index in [4.69, 9.17) is 0 Å². The Morgan fingerprint density at radius 2 is 0.763 bits per heavy atom. The average Bonchev–Trinajstić information content (AvgIpc) is 2.93. The third kappa shape index (κ3) is 7.74. The van der Waals surface area contributed by atoms with Gasteiger partial charge in [0.25, 0.3) is 0 Å². The van der Waals surface area contributed by atoms with Gasteiger partial charge in [-0.25, -0.2) is 0 Å². The quantitative estimate of drug-likeness (QED) is 0.230. The van der Waals surface area contributed by atoms with E-state index in [2.05, 4.69) is 62.4 Å². The highest BCUT2D eigenvalue weighted by atomic mass is 16.1. The van der Waals surface area contributed by atoms with Gasteiger partial charge < -0.3 is 0 Å². The molecule has 0 heterocycles. The van der Waals surface area contributed by atoms with Crippen molar-refractivity contribution in [2.24, 2.45) is 0 Å². The molecule has 3 aromatic carbocycles. The van der Waals surface area contributed by atoms with Gasteiger partial charge in [-0.3, -0.25) is 9.59 Å². The number of aryl methyl sites for hydroxylation is 2. The Hall–Kier alpha value is -3.52. The summed E-state index contributed by atoms with van der Waals surface area (Å²) in [6.07, 6.45) is 5.12. The molecule has 0 aliphatic heterocycles. The molecule has 0 aliphatic rings. The first-order valence-electron chi connectivity index (χ1n) is 13.9. The zero-order valence-electron chi connectivity index (χ0n) is 24.0. The molecule has 2 nitrogen and oxygen atoms in total. The van der Waals surface area contributed by atoms with Crippen molar-refractivity contribution in [2.75, 3.05) is 0 Å². The fourth-order valence-corrected chi connectivity index (χ4v) is 4.68. The van der Waals surface area contributed by atoms with Crippen LogP contribution in [0.5, 0.6) is 0 Å². The summed E-state index contributed by atoms with van der Waals surface area (Å²) in [6.45, 7) is 12.2. The minimum absolute atomic E-state index is 0.128. The van der Waals surface area contributed by atoms with Crippen molar-refractivity contribution in [1.82, 2.24) is 0 Å². The van der Waals surface area contributed by atoms with Crippen molar-refractivity contribution < 1.29 is 9.59 Å². The molecule has 0 unspecified atom stereocenters. The Kier molecular flexibility index (Phi) is 10.6. The van der Waals surface area contributed by atoms with Crippen LogP contribution in [0.15, 0.2) is 83.9 Å². The topological polar surface area (TPSA) is 34.1 Å². The maximum absolute atomic E-state index is 13.0. The van der Waals surface area contributed by atoms with Gasteiger partial charge in [-0.15, -0.1) is 0 Å². The Morgan fingerprint density at radius 1 is 0.474 bits per heavy atom. The van der Waals surface area contributed by atoms with E-state index in [9.17, 15) is 9.59 Å². The summed E-state index contributed by atoms with van der Waals surface area (Å²) in [5, 5.41) is 0. The SMILES string of the molecule is CCCc1ccc(C(C)=C(C)C(=O)Cc2ccc(CC(=O)C(C)=C(C)c3ccc(CCC)cc3)cc2)cc1. The highest BCUT2D eigenvalue weighted by molar-refractivity contribution is 6.03. The van der Waals surface area contributed by atoms with E-state index in [1.165, 1.54) is 11.1 Å². The molecule has 0 N–H and O–H groups in total. The molecule has 3 aromatic rings. The van der Waals surface area contributed by atoms with Crippen molar-refractivity contribution in [3.05, 3.63) is 117 Å². The molecule has 198 valence electrons. The minimum Gasteiger partial charge on any atom is -0.294 e. The van der Waals surface area contributed by atoms with Gasteiger partial charge >= 0.3 is 0 Å². The highest BCUT2D eigenvalue weighted by Gasteiger charge is 2.13. The Labute approximate surface area is 229 Å². The van der Waals surface area contributed by atoms with Crippen molar-refractivity contribution in [1.29, 1.82) is 0 Å². The number of rotatable bonds is 12. The Balaban J connectivity index is 1.63. The van der Waals surface area contributed by atoms with Gasteiger partial charge in [0, 0.05) is 12.8 Å². The highest BCUT2D eigenvalue weighted by Crippen LogP contribution is 2.23. The smallest absolute Gasteiger partial charge is 0.163 e. The predicted molar refractivity (Wildman–Crippen MR) is 161 cm³/mol. The van der Waals surface area contributed by atoms with E-state index in [-0.39, 0.29) is 11.6 Å². The zero-order chi connectivity index (χ0) is 27.7. The monoisotopic (exact) mass is 506 g/mol. The third-order valence-corrected chi connectivity index (χ3v) is 7.57. The van der Waals surface area contributed by atoms with Gasteiger partial charge in [-0.1, -0.05) is 99.5 Å². The lowest BCUT2D eigenvalue weighted by Gasteiger charge is -2.10. The van der Waals surface area contributed by atoms with E-state index in [1.807, 2.05) is 52.0 Å². The molecule has 0 saturated carbocycles. The first kappa shape index (κ1) is 29.0. The molecule has 3 rings (SSSR count). The molecule has 2 heteroatoms. The van der Waals surface area contributed by atoms with Crippen LogP contribution in [0.3, 0.4) is 0 Å². The van der Waals surface area contributed by atoms with Gasteiger partial charge in [0.15, 0.2) is 11.6 Å². The average molecular weight is 507 g/mol. The molecule has 38 heavy (non-hydrogen) atoms. The molecule has 0 atom stereocenters. The first-order valence-corrected chi connectivity index (χ1v) is 13.9. The van der Waals surface area contributed by atoms with E-state index >= 15 is 0 Å². The summed E-state index contributed by atoms with van der Waals surface area (Å²) in [4.78, 5) is 26.0. The van der Waals surface area contributed by atoms with Gasteiger partial charge in [0.2, 0.25) is 0 Å². The second-order valence-electron chi connectivity index (χ2n) is 10.4. The van der Waals surface area contributed by atoms with E-state index < -0.39 is 0 Å². The lowest BCUT2D eigenvalue weighted by atomic mass is 9.94. The molecule has 0 aliphatic carbocycles. The molecule has 0 saturated heterocycles. The van der Waals surface area contributed by atoms with Crippen molar-refractivity contribution in [3.63, 3.8) is 0 Å². The number of hydrogen-bond donors (Lipinski definition) is 0. The summed E-state index contributed by atoms with van der Waals surface area (Å²) in [7, 11) is 0. The number of Topliss-reactive ketones (excluding diaryl/α,β-unsaturated/α-hetero) is 2. The molecular formula is C36H42O2. The number of ketones is 2. The van der Waals surface area contributed by atoms with Gasteiger partial charge in [0.1, 0.15) is 0 Å². The summed E-state index contributed by atoms with van der Waals surface area (Å²) in [5.41, 5.74) is 10.4. The summed E-state index contributed by atoms with van der Waals surface area (Å²) >= 11 is 0. The summed E-state index contributed by atoms with van der Waals surface area (Å²) in [6, 6.07) is 25.0. The Bertz CT molecular complexity index is 1200.